The first kappa shape index (κ1) is 8.01. The molecule has 2 aliphatic rings. The molecule has 0 fully saturated rings. The number of hydrogen-bond acceptors (Lipinski definition) is 0. The van der Waals surface area contributed by atoms with E-state index in [1.165, 1.54) is 31.1 Å². The molecule has 1 atom stereocenters. The molecular formula is C11H12P. The summed E-state index contributed by atoms with van der Waals surface area (Å²) in [7, 11) is 1.27. The lowest BCUT2D eigenvalue weighted by Gasteiger charge is -2.11. The summed E-state index contributed by atoms with van der Waals surface area (Å²) in [4.78, 5) is 0. The molecule has 0 bridgehead atoms. The number of fused-ring (bicyclic) bond motifs is 1. The molecule has 1 aliphatic heterocycles. The van der Waals surface area contributed by atoms with Gasteiger partial charge in [0.05, 0.1) is 0 Å². The van der Waals surface area contributed by atoms with Gasteiger partial charge in [-0.1, -0.05) is 34.2 Å². The van der Waals surface area contributed by atoms with E-state index >= 15 is 0 Å². The van der Waals surface area contributed by atoms with Crippen LogP contribution in [0, 0.1) is 11.7 Å². The van der Waals surface area contributed by atoms with E-state index < -0.39 is 0 Å². The van der Waals surface area contributed by atoms with Gasteiger partial charge in [0, 0.05) is 11.1 Å². The van der Waals surface area contributed by atoms with Gasteiger partial charge < -0.3 is 0 Å². The Morgan fingerprint density at radius 1 is 1.58 bits per heavy atom. The van der Waals surface area contributed by atoms with Gasteiger partial charge in [0.1, 0.15) is 0 Å². The lowest BCUT2D eigenvalue weighted by Crippen LogP contribution is -2.01. The summed E-state index contributed by atoms with van der Waals surface area (Å²) < 4.78 is 0. The second kappa shape index (κ2) is 3.03. The first-order chi connectivity index (χ1) is 5.83. The van der Waals surface area contributed by atoms with Crippen LogP contribution in [0.4, 0.5) is 0 Å². The maximum absolute atomic E-state index is 3.44. The van der Waals surface area contributed by atoms with Crippen molar-refractivity contribution in [1.29, 1.82) is 0 Å². The predicted octanol–water partition coefficient (Wildman–Crippen LogP) is 3.35. The Morgan fingerprint density at radius 2 is 2.42 bits per heavy atom. The molecule has 0 amide bonds. The quantitative estimate of drug-likeness (QED) is 0.564. The van der Waals surface area contributed by atoms with E-state index in [1.807, 2.05) is 0 Å². The fourth-order valence-electron chi connectivity index (χ4n) is 1.50. The molecule has 0 aromatic rings. The number of hydrogen-bond donors (Lipinski definition) is 0. The van der Waals surface area contributed by atoms with Crippen LogP contribution in [-0.4, -0.2) is 5.29 Å². The molecule has 0 spiro atoms. The van der Waals surface area contributed by atoms with Crippen molar-refractivity contribution in [2.24, 2.45) is 5.92 Å². The van der Waals surface area contributed by atoms with Crippen LogP contribution in [0.15, 0.2) is 29.4 Å². The lowest BCUT2D eigenvalue weighted by molar-refractivity contribution is 0.667. The smallest absolute Gasteiger partial charge is 0.0186 e. The first-order valence-corrected chi connectivity index (χ1v) is 5.32. The summed E-state index contributed by atoms with van der Waals surface area (Å²) in [6, 6.07) is 0. The van der Waals surface area contributed by atoms with Crippen LogP contribution in [0.25, 0.3) is 0 Å². The summed E-state index contributed by atoms with van der Waals surface area (Å²) in [6.45, 7) is 4.51. The molecular weight excluding hydrogens is 163 g/mol. The maximum Gasteiger partial charge on any atom is 0.0186 e. The Morgan fingerprint density at radius 3 is 3.17 bits per heavy atom. The zero-order chi connectivity index (χ0) is 8.55. The van der Waals surface area contributed by atoms with E-state index in [0.717, 1.165) is 0 Å². The maximum atomic E-state index is 3.44. The van der Waals surface area contributed by atoms with Gasteiger partial charge in [-0.05, 0) is 29.6 Å². The minimum atomic E-state index is 0.668. The van der Waals surface area contributed by atoms with Gasteiger partial charge in [-0.15, -0.1) is 0 Å². The summed E-state index contributed by atoms with van der Waals surface area (Å²) in [5.74, 6) is 4.11. The van der Waals surface area contributed by atoms with Crippen LogP contribution >= 0.6 is 8.20 Å². The molecule has 12 heavy (non-hydrogen) atoms. The molecule has 0 saturated heterocycles. The van der Waals surface area contributed by atoms with Gasteiger partial charge in [-0.3, -0.25) is 0 Å². The lowest BCUT2D eigenvalue weighted by atomic mass is 9.93. The molecule has 0 nitrogen and oxygen atoms in total. The van der Waals surface area contributed by atoms with Gasteiger partial charge in [0.25, 0.3) is 0 Å². The van der Waals surface area contributed by atoms with Crippen LogP contribution in [0.5, 0.6) is 0 Å². The molecule has 0 aromatic carbocycles. The van der Waals surface area contributed by atoms with Crippen molar-refractivity contribution in [2.75, 3.05) is 0 Å². The fraction of sp³-hybridized carbons (Fsp3) is 0.364. The van der Waals surface area contributed by atoms with Crippen molar-refractivity contribution >= 4 is 13.5 Å². The number of allylic oxidation sites excluding steroid dienone is 5. The van der Waals surface area contributed by atoms with E-state index in [9.17, 15) is 0 Å². The third kappa shape index (κ3) is 1.11. The number of rotatable bonds is 2. The van der Waals surface area contributed by atoms with Gasteiger partial charge in [-0.25, -0.2) is 0 Å². The van der Waals surface area contributed by atoms with Gasteiger partial charge in [0.15, 0.2) is 0 Å². The SMILES string of the molecule is CCC(C)C1=[C]P=C2C=CC=C12. The normalized spacial score (nSPS) is 23.0. The molecule has 0 aromatic heterocycles. The molecule has 1 heteroatoms. The summed E-state index contributed by atoms with van der Waals surface area (Å²) in [6.07, 6.45) is 7.76. The Hall–Kier alpha value is -0.610. The summed E-state index contributed by atoms with van der Waals surface area (Å²) >= 11 is 0. The Balaban J connectivity index is 2.24. The Labute approximate surface area is 75.5 Å². The van der Waals surface area contributed by atoms with Crippen LogP contribution in [0.2, 0.25) is 0 Å². The van der Waals surface area contributed by atoms with Gasteiger partial charge in [-0.2, -0.15) is 0 Å². The van der Waals surface area contributed by atoms with E-state index in [2.05, 4.69) is 37.9 Å². The van der Waals surface area contributed by atoms with E-state index in [4.69, 9.17) is 0 Å². The zero-order valence-electron chi connectivity index (χ0n) is 7.46. The van der Waals surface area contributed by atoms with Crippen molar-refractivity contribution in [3.05, 3.63) is 35.2 Å². The minimum absolute atomic E-state index is 0.668. The van der Waals surface area contributed by atoms with Crippen molar-refractivity contribution < 1.29 is 0 Å². The molecule has 1 unspecified atom stereocenters. The highest BCUT2D eigenvalue weighted by atomic mass is 31.1. The molecule has 61 valence electrons. The standard InChI is InChI=1S/C11H12P/c1-3-8(2)10-7-12-11-6-4-5-9(10)11/h4-6,8H,3H2,1-2H3. The summed E-state index contributed by atoms with van der Waals surface area (Å²) in [5.41, 5.74) is 2.87. The van der Waals surface area contributed by atoms with Gasteiger partial charge in [0.2, 0.25) is 0 Å². The molecule has 0 N–H and O–H groups in total. The molecule has 2 rings (SSSR count). The average Bonchev–Trinajstić information content (AvgIpc) is 2.62. The molecule has 0 saturated carbocycles. The van der Waals surface area contributed by atoms with E-state index in [1.54, 1.807) is 0 Å². The molecule has 1 aliphatic carbocycles. The highest BCUT2D eigenvalue weighted by Gasteiger charge is 2.20. The fourth-order valence-corrected chi connectivity index (χ4v) is 2.55. The minimum Gasteiger partial charge on any atom is -0.0648 e. The van der Waals surface area contributed by atoms with Gasteiger partial charge >= 0.3 is 0 Å². The second-order valence-electron chi connectivity index (χ2n) is 3.27. The van der Waals surface area contributed by atoms with Crippen molar-refractivity contribution in [2.45, 2.75) is 20.3 Å². The largest absolute Gasteiger partial charge is 0.0648 e. The van der Waals surface area contributed by atoms with Crippen molar-refractivity contribution in [1.82, 2.24) is 0 Å². The Bertz CT molecular complexity index is 316. The predicted molar refractivity (Wildman–Crippen MR) is 55.4 cm³/mol. The topological polar surface area (TPSA) is 0 Å². The summed E-state index contributed by atoms with van der Waals surface area (Å²) in [5, 5.41) is 1.44. The van der Waals surface area contributed by atoms with Crippen LogP contribution in [-0.2, 0) is 0 Å². The average molecular weight is 175 g/mol. The van der Waals surface area contributed by atoms with Crippen molar-refractivity contribution in [3.63, 3.8) is 0 Å². The first-order valence-electron chi connectivity index (χ1n) is 4.42. The highest BCUT2D eigenvalue weighted by Crippen LogP contribution is 2.35. The third-order valence-electron chi connectivity index (χ3n) is 2.49. The Kier molecular flexibility index (Phi) is 2.02. The third-order valence-corrected chi connectivity index (χ3v) is 3.47. The highest BCUT2D eigenvalue weighted by molar-refractivity contribution is 7.44. The van der Waals surface area contributed by atoms with E-state index in [-0.39, 0.29) is 0 Å². The van der Waals surface area contributed by atoms with Crippen LogP contribution in [0.1, 0.15) is 20.3 Å². The molecule has 1 heterocycles. The zero-order valence-corrected chi connectivity index (χ0v) is 8.36. The molecule has 1 radical (unpaired) electrons. The van der Waals surface area contributed by atoms with Crippen LogP contribution in [0.3, 0.4) is 0 Å². The second-order valence-corrected chi connectivity index (χ2v) is 4.20. The monoisotopic (exact) mass is 175 g/mol. The van der Waals surface area contributed by atoms with Crippen molar-refractivity contribution in [3.8, 4) is 0 Å². The van der Waals surface area contributed by atoms with E-state index in [0.29, 0.717) is 5.92 Å². The van der Waals surface area contributed by atoms with Crippen LogP contribution < -0.4 is 0 Å².